The Morgan fingerprint density at radius 3 is 2.50 bits per heavy atom. The number of phenolic OH excluding ortho intramolecular Hbond substituents is 2. The van der Waals surface area contributed by atoms with E-state index in [1.165, 1.54) is 18.2 Å². The molecule has 0 fully saturated rings. The van der Waals surface area contributed by atoms with Crippen LogP contribution in [0.3, 0.4) is 0 Å². The zero-order valence-electron chi connectivity index (χ0n) is 9.54. The third-order valence-electron chi connectivity index (χ3n) is 2.43. The fourth-order valence-corrected chi connectivity index (χ4v) is 1.49. The standard InChI is InChI=1S/C14H12O4/c15-12-6-7-13(16)11(8-12)9-18-14(17)10-4-2-1-3-5-10/h1-8,15-16H,9H2. The van der Waals surface area contributed by atoms with Gasteiger partial charge in [0.2, 0.25) is 0 Å². The summed E-state index contributed by atoms with van der Waals surface area (Å²) in [5, 5.41) is 18.8. The van der Waals surface area contributed by atoms with E-state index in [2.05, 4.69) is 0 Å². The van der Waals surface area contributed by atoms with Gasteiger partial charge >= 0.3 is 5.97 Å². The molecule has 2 rings (SSSR count). The SMILES string of the molecule is O=C(OCc1cc(O)ccc1O)c1ccccc1. The summed E-state index contributed by atoms with van der Waals surface area (Å²) in [6.45, 7) is -0.0893. The van der Waals surface area contributed by atoms with E-state index >= 15 is 0 Å². The maximum Gasteiger partial charge on any atom is 0.338 e. The van der Waals surface area contributed by atoms with Crippen LogP contribution in [-0.4, -0.2) is 16.2 Å². The molecule has 2 N–H and O–H groups in total. The first-order chi connectivity index (χ1) is 8.66. The zero-order chi connectivity index (χ0) is 13.0. The normalized spacial score (nSPS) is 10.0. The number of hydrogen-bond donors (Lipinski definition) is 2. The average Bonchev–Trinajstić information content (AvgIpc) is 2.40. The zero-order valence-corrected chi connectivity index (χ0v) is 9.54. The highest BCUT2D eigenvalue weighted by Crippen LogP contribution is 2.22. The van der Waals surface area contributed by atoms with Gasteiger partial charge in [-0.1, -0.05) is 18.2 Å². The van der Waals surface area contributed by atoms with Gasteiger partial charge in [0, 0.05) is 5.56 Å². The maximum atomic E-state index is 11.6. The van der Waals surface area contributed by atoms with Crippen molar-refractivity contribution in [2.24, 2.45) is 0 Å². The van der Waals surface area contributed by atoms with Crippen LogP contribution in [0.2, 0.25) is 0 Å². The van der Waals surface area contributed by atoms with Crippen LogP contribution < -0.4 is 0 Å². The molecule has 0 unspecified atom stereocenters. The van der Waals surface area contributed by atoms with E-state index in [4.69, 9.17) is 4.74 Å². The molecule has 0 saturated carbocycles. The van der Waals surface area contributed by atoms with Crippen LogP contribution in [-0.2, 0) is 11.3 Å². The summed E-state index contributed by atoms with van der Waals surface area (Å²) in [5.74, 6) is -0.481. The predicted molar refractivity (Wildman–Crippen MR) is 65.3 cm³/mol. The van der Waals surface area contributed by atoms with Crippen LogP contribution in [0.4, 0.5) is 0 Å². The van der Waals surface area contributed by atoms with E-state index in [1.54, 1.807) is 30.3 Å². The van der Waals surface area contributed by atoms with E-state index in [-0.39, 0.29) is 18.1 Å². The van der Waals surface area contributed by atoms with Gasteiger partial charge in [-0.25, -0.2) is 4.79 Å². The van der Waals surface area contributed by atoms with Crippen molar-refractivity contribution in [3.8, 4) is 11.5 Å². The third kappa shape index (κ3) is 2.79. The van der Waals surface area contributed by atoms with Crippen molar-refractivity contribution in [1.82, 2.24) is 0 Å². The van der Waals surface area contributed by atoms with E-state index in [9.17, 15) is 15.0 Å². The molecule has 2 aromatic rings. The van der Waals surface area contributed by atoms with Crippen molar-refractivity contribution < 1.29 is 19.7 Å². The van der Waals surface area contributed by atoms with Crippen molar-refractivity contribution >= 4 is 5.97 Å². The van der Waals surface area contributed by atoms with Crippen molar-refractivity contribution in [2.75, 3.05) is 0 Å². The molecule has 0 aliphatic heterocycles. The van der Waals surface area contributed by atoms with Gasteiger partial charge in [0.05, 0.1) is 5.56 Å². The number of esters is 1. The van der Waals surface area contributed by atoms with E-state index in [0.29, 0.717) is 11.1 Å². The topological polar surface area (TPSA) is 66.8 Å². The Bertz CT molecular complexity index is 549. The second-order valence-electron chi connectivity index (χ2n) is 3.76. The van der Waals surface area contributed by atoms with Crippen LogP contribution in [0.15, 0.2) is 48.5 Å². The quantitative estimate of drug-likeness (QED) is 0.643. The minimum Gasteiger partial charge on any atom is -0.508 e. The number of rotatable bonds is 3. The first-order valence-electron chi connectivity index (χ1n) is 5.40. The van der Waals surface area contributed by atoms with Crippen LogP contribution in [0.5, 0.6) is 11.5 Å². The number of ether oxygens (including phenoxy) is 1. The Morgan fingerprint density at radius 1 is 1.06 bits per heavy atom. The largest absolute Gasteiger partial charge is 0.508 e. The van der Waals surface area contributed by atoms with Gasteiger partial charge in [0.25, 0.3) is 0 Å². The summed E-state index contributed by atoms with van der Waals surface area (Å²) < 4.78 is 5.04. The lowest BCUT2D eigenvalue weighted by Crippen LogP contribution is -2.04. The molecule has 0 atom stereocenters. The van der Waals surface area contributed by atoms with Crippen molar-refractivity contribution in [3.63, 3.8) is 0 Å². The molecular weight excluding hydrogens is 232 g/mol. The minimum atomic E-state index is -0.474. The van der Waals surface area contributed by atoms with Gasteiger partial charge in [0.1, 0.15) is 18.1 Å². The molecule has 18 heavy (non-hydrogen) atoms. The van der Waals surface area contributed by atoms with Gasteiger partial charge in [-0.2, -0.15) is 0 Å². The molecule has 0 amide bonds. The van der Waals surface area contributed by atoms with Gasteiger partial charge < -0.3 is 14.9 Å². The van der Waals surface area contributed by atoms with Crippen LogP contribution >= 0.6 is 0 Å². The first-order valence-corrected chi connectivity index (χ1v) is 5.40. The van der Waals surface area contributed by atoms with E-state index in [0.717, 1.165) is 0 Å². The third-order valence-corrected chi connectivity index (χ3v) is 2.43. The summed E-state index contributed by atoms with van der Waals surface area (Å²) in [6, 6.07) is 12.6. The lowest BCUT2D eigenvalue weighted by atomic mass is 10.2. The number of benzene rings is 2. The molecule has 0 aromatic heterocycles. The Hall–Kier alpha value is -2.49. The molecule has 4 heteroatoms. The average molecular weight is 244 g/mol. The highest BCUT2D eigenvalue weighted by Gasteiger charge is 2.08. The Kier molecular flexibility index (Phi) is 3.48. The molecule has 0 radical (unpaired) electrons. The number of carbonyl (C=O) groups excluding carboxylic acids is 1. The number of hydrogen-bond acceptors (Lipinski definition) is 4. The van der Waals surface area contributed by atoms with Crippen molar-refractivity contribution in [2.45, 2.75) is 6.61 Å². The smallest absolute Gasteiger partial charge is 0.338 e. The van der Waals surface area contributed by atoms with Crippen LogP contribution in [0.25, 0.3) is 0 Å². The summed E-state index contributed by atoms with van der Waals surface area (Å²) in [6.07, 6.45) is 0. The summed E-state index contributed by atoms with van der Waals surface area (Å²) in [7, 11) is 0. The van der Waals surface area contributed by atoms with Gasteiger partial charge in [-0.05, 0) is 30.3 Å². The van der Waals surface area contributed by atoms with E-state index in [1.807, 2.05) is 0 Å². The molecule has 0 aliphatic carbocycles. The summed E-state index contributed by atoms with van der Waals surface area (Å²) in [4.78, 5) is 11.6. The summed E-state index contributed by atoms with van der Waals surface area (Å²) >= 11 is 0. The maximum absolute atomic E-state index is 11.6. The van der Waals surface area contributed by atoms with Crippen LogP contribution in [0.1, 0.15) is 15.9 Å². The first kappa shape index (κ1) is 12.0. The number of carbonyl (C=O) groups is 1. The minimum absolute atomic E-state index is 0.0126. The molecule has 0 bridgehead atoms. The molecule has 0 saturated heterocycles. The second kappa shape index (κ2) is 5.23. The summed E-state index contributed by atoms with van der Waals surface area (Å²) in [5.41, 5.74) is 0.802. The highest BCUT2D eigenvalue weighted by molar-refractivity contribution is 5.89. The lowest BCUT2D eigenvalue weighted by molar-refractivity contribution is 0.0470. The Balaban J connectivity index is 2.04. The molecule has 4 nitrogen and oxygen atoms in total. The molecule has 0 heterocycles. The molecule has 2 aromatic carbocycles. The van der Waals surface area contributed by atoms with Gasteiger partial charge in [-0.3, -0.25) is 0 Å². The number of aromatic hydroxyl groups is 2. The fraction of sp³-hybridized carbons (Fsp3) is 0.0714. The number of phenols is 2. The van der Waals surface area contributed by atoms with Gasteiger partial charge in [-0.15, -0.1) is 0 Å². The second-order valence-corrected chi connectivity index (χ2v) is 3.76. The Labute approximate surface area is 104 Å². The highest BCUT2D eigenvalue weighted by atomic mass is 16.5. The van der Waals surface area contributed by atoms with Crippen molar-refractivity contribution in [1.29, 1.82) is 0 Å². The monoisotopic (exact) mass is 244 g/mol. The predicted octanol–water partition coefficient (Wildman–Crippen LogP) is 2.45. The molecule has 0 aliphatic rings. The van der Waals surface area contributed by atoms with Crippen LogP contribution in [0, 0.1) is 0 Å². The lowest BCUT2D eigenvalue weighted by Gasteiger charge is -2.07. The van der Waals surface area contributed by atoms with E-state index < -0.39 is 5.97 Å². The van der Waals surface area contributed by atoms with Gasteiger partial charge in [0.15, 0.2) is 0 Å². The van der Waals surface area contributed by atoms with Crippen molar-refractivity contribution in [3.05, 3.63) is 59.7 Å². The molecular formula is C14H12O4. The fourth-order valence-electron chi connectivity index (χ4n) is 1.49. The molecule has 0 spiro atoms. The Morgan fingerprint density at radius 2 is 1.78 bits per heavy atom. The molecule has 92 valence electrons.